The molecule has 0 bridgehead atoms. The third kappa shape index (κ3) is 4.47. The largest absolute Gasteiger partial charge is 0.478 e. The second-order valence-corrected chi connectivity index (χ2v) is 6.57. The van der Waals surface area contributed by atoms with Crippen molar-refractivity contribution in [2.45, 2.75) is 6.92 Å². The quantitative estimate of drug-likeness (QED) is 0.360. The number of anilines is 1. The molecule has 0 aliphatic rings. The Morgan fingerprint density at radius 2 is 1.44 bits per heavy atom. The number of carbonyl (C=O) groups excluding carboxylic acids is 2. The van der Waals surface area contributed by atoms with Crippen molar-refractivity contribution in [3.8, 4) is 0 Å². The van der Waals surface area contributed by atoms with E-state index in [1.807, 2.05) is 0 Å². The highest BCUT2D eigenvalue weighted by Gasteiger charge is 2.28. The molecule has 2 aromatic rings. The van der Waals surface area contributed by atoms with Crippen LogP contribution in [0.1, 0.15) is 38.0 Å². The molecule has 0 spiro atoms. The molecule has 0 saturated heterocycles. The fourth-order valence-corrected chi connectivity index (χ4v) is 3.16. The maximum Gasteiger partial charge on any atom is 0.338 e. The molecule has 0 atom stereocenters. The molecule has 0 saturated carbocycles. The van der Waals surface area contributed by atoms with Gasteiger partial charge >= 0.3 is 11.9 Å². The van der Waals surface area contributed by atoms with Crippen molar-refractivity contribution in [2.75, 3.05) is 11.9 Å². The number of carboxylic acids is 1. The molecular formula is C17H11Cl4NO5. The van der Waals surface area contributed by atoms with E-state index in [-0.39, 0.29) is 32.9 Å². The van der Waals surface area contributed by atoms with E-state index in [1.165, 1.54) is 24.3 Å². The molecule has 10 heteroatoms. The third-order valence-electron chi connectivity index (χ3n) is 3.36. The van der Waals surface area contributed by atoms with Gasteiger partial charge in [-0.15, -0.1) is 0 Å². The molecular weight excluding hydrogens is 440 g/mol. The second kappa shape index (κ2) is 8.80. The summed E-state index contributed by atoms with van der Waals surface area (Å²) in [6.45, 7) is 1.91. The number of hydrogen-bond acceptors (Lipinski definition) is 4. The van der Waals surface area contributed by atoms with Crippen molar-refractivity contribution < 1.29 is 24.2 Å². The molecule has 2 N–H and O–H groups in total. The van der Waals surface area contributed by atoms with E-state index >= 15 is 0 Å². The zero-order chi connectivity index (χ0) is 20.3. The van der Waals surface area contributed by atoms with Crippen LogP contribution in [0, 0.1) is 0 Å². The summed E-state index contributed by atoms with van der Waals surface area (Å²) in [5.74, 6) is -2.87. The molecule has 0 radical (unpaired) electrons. The first-order valence-electron chi connectivity index (χ1n) is 7.36. The Bertz CT molecular complexity index is 928. The first-order chi connectivity index (χ1) is 12.7. The van der Waals surface area contributed by atoms with Crippen LogP contribution in [0.3, 0.4) is 0 Å². The van der Waals surface area contributed by atoms with Gasteiger partial charge in [0.15, 0.2) is 0 Å². The first-order valence-corrected chi connectivity index (χ1v) is 8.88. The van der Waals surface area contributed by atoms with E-state index < -0.39 is 34.0 Å². The molecule has 0 aromatic heterocycles. The van der Waals surface area contributed by atoms with Crippen LogP contribution in [0.2, 0.25) is 20.1 Å². The number of aromatic carboxylic acids is 1. The van der Waals surface area contributed by atoms with Crippen molar-refractivity contribution in [2.24, 2.45) is 0 Å². The van der Waals surface area contributed by atoms with Gasteiger partial charge in [-0.2, -0.15) is 0 Å². The van der Waals surface area contributed by atoms with Gasteiger partial charge in [-0.3, -0.25) is 4.79 Å². The summed E-state index contributed by atoms with van der Waals surface area (Å²) < 4.78 is 4.86. The summed E-state index contributed by atoms with van der Waals surface area (Å²) in [7, 11) is 0. The minimum atomic E-state index is -1.50. The van der Waals surface area contributed by atoms with Gasteiger partial charge in [-0.1, -0.05) is 46.4 Å². The maximum absolute atomic E-state index is 12.6. The average molecular weight is 451 g/mol. The molecule has 0 aliphatic carbocycles. The number of ether oxygens (including phenoxy) is 1. The van der Waals surface area contributed by atoms with Crippen LogP contribution in [0.25, 0.3) is 0 Å². The molecule has 0 heterocycles. The van der Waals surface area contributed by atoms with Crippen LogP contribution in [0.4, 0.5) is 5.69 Å². The Balaban J connectivity index is 2.39. The summed E-state index contributed by atoms with van der Waals surface area (Å²) in [6, 6.07) is 5.76. The van der Waals surface area contributed by atoms with Crippen molar-refractivity contribution in [3.05, 3.63) is 61.0 Å². The Morgan fingerprint density at radius 3 is 1.93 bits per heavy atom. The summed E-state index contributed by atoms with van der Waals surface area (Å²) >= 11 is 23.7. The van der Waals surface area contributed by atoms with E-state index in [1.54, 1.807) is 6.92 Å². The molecule has 0 fully saturated rings. The minimum Gasteiger partial charge on any atom is -0.478 e. The normalized spacial score (nSPS) is 10.4. The monoisotopic (exact) mass is 449 g/mol. The van der Waals surface area contributed by atoms with Crippen molar-refractivity contribution in [3.63, 3.8) is 0 Å². The van der Waals surface area contributed by atoms with Gasteiger partial charge < -0.3 is 15.2 Å². The van der Waals surface area contributed by atoms with Crippen LogP contribution < -0.4 is 5.32 Å². The fraction of sp³-hybridized carbons (Fsp3) is 0.118. The van der Waals surface area contributed by atoms with Gasteiger partial charge in [0.1, 0.15) is 0 Å². The maximum atomic E-state index is 12.6. The van der Waals surface area contributed by atoms with Gasteiger partial charge in [0.05, 0.1) is 43.4 Å². The molecule has 27 heavy (non-hydrogen) atoms. The molecule has 1 amide bonds. The average Bonchev–Trinajstić information content (AvgIpc) is 2.63. The topological polar surface area (TPSA) is 92.7 Å². The standard InChI is InChI=1S/C17H11Cl4NO5/c1-2-27-17(26)7-3-5-8(6-4-7)22-15(23)9-10(16(24)25)12(19)14(21)13(20)11(9)18/h3-6H,2H2,1H3,(H,22,23)(H,24,25). The van der Waals surface area contributed by atoms with Crippen molar-refractivity contribution in [1.82, 2.24) is 0 Å². The van der Waals surface area contributed by atoms with E-state index in [0.29, 0.717) is 0 Å². The van der Waals surface area contributed by atoms with Gasteiger partial charge in [-0.05, 0) is 31.2 Å². The lowest BCUT2D eigenvalue weighted by atomic mass is 10.1. The fourth-order valence-electron chi connectivity index (χ4n) is 2.14. The van der Waals surface area contributed by atoms with Crippen LogP contribution in [0.5, 0.6) is 0 Å². The van der Waals surface area contributed by atoms with Crippen LogP contribution >= 0.6 is 46.4 Å². The lowest BCUT2D eigenvalue weighted by Gasteiger charge is -2.14. The highest BCUT2D eigenvalue weighted by molar-refractivity contribution is 6.54. The minimum absolute atomic E-state index is 0.228. The SMILES string of the molecule is CCOC(=O)c1ccc(NC(=O)c2c(Cl)c(Cl)c(Cl)c(Cl)c2C(=O)O)cc1. The summed E-state index contributed by atoms with van der Waals surface area (Å²) in [6.07, 6.45) is 0. The molecule has 6 nitrogen and oxygen atoms in total. The number of benzene rings is 2. The second-order valence-electron chi connectivity index (χ2n) is 5.06. The molecule has 142 valence electrons. The van der Waals surface area contributed by atoms with E-state index in [0.717, 1.165) is 0 Å². The first kappa shape index (κ1) is 21.3. The number of rotatable bonds is 5. The third-order valence-corrected chi connectivity index (χ3v) is 5.16. The van der Waals surface area contributed by atoms with E-state index in [9.17, 15) is 19.5 Å². The van der Waals surface area contributed by atoms with Crippen molar-refractivity contribution in [1.29, 1.82) is 0 Å². The molecule has 2 aromatic carbocycles. The Morgan fingerprint density at radius 1 is 0.926 bits per heavy atom. The number of halogens is 4. The van der Waals surface area contributed by atoms with Gasteiger partial charge in [-0.25, -0.2) is 9.59 Å². The van der Waals surface area contributed by atoms with Crippen molar-refractivity contribution >= 4 is 69.9 Å². The lowest BCUT2D eigenvalue weighted by Crippen LogP contribution is -2.18. The van der Waals surface area contributed by atoms with Gasteiger partial charge in [0.2, 0.25) is 0 Å². The van der Waals surface area contributed by atoms with Crippen LogP contribution in [-0.2, 0) is 4.74 Å². The van der Waals surface area contributed by atoms with Gasteiger partial charge in [0.25, 0.3) is 5.91 Å². The molecule has 2 rings (SSSR count). The zero-order valence-corrected chi connectivity index (χ0v) is 16.6. The summed E-state index contributed by atoms with van der Waals surface area (Å²) in [5.41, 5.74) is -0.436. The Kier molecular flexibility index (Phi) is 6.95. The van der Waals surface area contributed by atoms with Crippen LogP contribution in [0.15, 0.2) is 24.3 Å². The highest BCUT2D eigenvalue weighted by atomic mass is 35.5. The number of carbonyl (C=O) groups is 3. The number of esters is 1. The summed E-state index contributed by atoms with van der Waals surface area (Å²) in [4.78, 5) is 35.7. The number of amides is 1. The summed E-state index contributed by atoms with van der Waals surface area (Å²) in [5, 5.41) is 10.6. The number of carboxylic acid groups (broad SMARTS) is 1. The zero-order valence-electron chi connectivity index (χ0n) is 13.6. The number of nitrogens with one attached hydrogen (secondary N) is 1. The predicted molar refractivity (Wildman–Crippen MR) is 104 cm³/mol. The Labute approximate surface area is 173 Å². The van der Waals surface area contributed by atoms with E-state index in [2.05, 4.69) is 5.32 Å². The molecule has 0 aliphatic heterocycles. The molecule has 0 unspecified atom stereocenters. The predicted octanol–water partition coefficient (Wildman–Crippen LogP) is 5.43. The number of hydrogen-bond donors (Lipinski definition) is 2. The van der Waals surface area contributed by atoms with Crippen LogP contribution in [-0.4, -0.2) is 29.6 Å². The lowest BCUT2D eigenvalue weighted by molar-refractivity contribution is 0.0525. The van der Waals surface area contributed by atoms with E-state index in [4.69, 9.17) is 51.1 Å². The Hall–Kier alpha value is -1.99. The van der Waals surface area contributed by atoms with Gasteiger partial charge in [0, 0.05) is 5.69 Å². The smallest absolute Gasteiger partial charge is 0.338 e. The highest BCUT2D eigenvalue weighted by Crippen LogP contribution is 2.41.